The summed E-state index contributed by atoms with van der Waals surface area (Å²) in [6.07, 6.45) is 4.77. The fourth-order valence-electron chi connectivity index (χ4n) is 5.71. The fourth-order valence-corrected chi connectivity index (χ4v) is 5.71. The molecular formula is C34H36N4O4. The van der Waals surface area contributed by atoms with Gasteiger partial charge in [-0.05, 0) is 72.6 Å². The standard InChI is InChI=1S/C34H36N4O4/c1-4-5-10-31-30(34(41)38(22(2)36-31)26-17-15-25-16-18-32(40)29(25)20-26)19-23-11-13-24(14-12-23)27-8-6-7-9-28(27)33(35-21-39)37-42-3/h6-9,11-15,17,20-21,32,40H,4-5,10,16,18-19H2,1-3H3,(H,35,37,39). The molecule has 42 heavy (non-hydrogen) atoms. The van der Waals surface area contributed by atoms with Crippen LogP contribution in [0.3, 0.4) is 0 Å². The largest absolute Gasteiger partial charge is 0.397 e. The number of unbranched alkanes of at least 4 members (excludes halogenated alkanes) is 1. The van der Waals surface area contributed by atoms with Crippen LogP contribution in [0.2, 0.25) is 0 Å². The average Bonchev–Trinajstić information content (AvgIpc) is 3.37. The Kier molecular flexibility index (Phi) is 8.93. The number of hydrogen-bond acceptors (Lipinski definition) is 6. The Hall–Kier alpha value is -4.56. The highest BCUT2D eigenvalue weighted by Gasteiger charge is 2.22. The highest BCUT2D eigenvalue weighted by atomic mass is 16.6. The monoisotopic (exact) mass is 564 g/mol. The quantitative estimate of drug-likeness (QED) is 0.120. The number of oxime groups is 1. The molecule has 1 aliphatic carbocycles. The Morgan fingerprint density at radius 2 is 1.95 bits per heavy atom. The molecule has 0 aliphatic heterocycles. The van der Waals surface area contributed by atoms with Crippen LogP contribution in [0.4, 0.5) is 0 Å². The van der Waals surface area contributed by atoms with Gasteiger partial charge in [0.2, 0.25) is 6.41 Å². The number of carbonyl (C=O) groups is 1. The molecule has 0 fully saturated rings. The lowest BCUT2D eigenvalue weighted by molar-refractivity contribution is -0.108. The molecule has 0 radical (unpaired) electrons. The number of benzene rings is 3. The topological polar surface area (TPSA) is 106 Å². The number of aliphatic hydroxyl groups is 1. The molecular weight excluding hydrogens is 528 g/mol. The smallest absolute Gasteiger partial charge is 0.261 e. The molecule has 1 aliphatic rings. The molecule has 0 saturated heterocycles. The van der Waals surface area contributed by atoms with E-state index in [0.717, 1.165) is 70.4 Å². The Labute approximate surface area is 245 Å². The first-order chi connectivity index (χ1) is 20.4. The van der Waals surface area contributed by atoms with E-state index in [-0.39, 0.29) is 5.56 Å². The van der Waals surface area contributed by atoms with Crippen LogP contribution in [0, 0.1) is 6.92 Å². The van der Waals surface area contributed by atoms with Crippen molar-refractivity contribution < 1.29 is 14.7 Å². The minimum atomic E-state index is -0.498. The van der Waals surface area contributed by atoms with Gasteiger partial charge in [-0.15, -0.1) is 0 Å². The van der Waals surface area contributed by atoms with Crippen molar-refractivity contribution >= 4 is 12.2 Å². The van der Waals surface area contributed by atoms with Gasteiger partial charge < -0.3 is 15.3 Å². The molecule has 1 amide bonds. The summed E-state index contributed by atoms with van der Waals surface area (Å²) in [5, 5.41) is 17.0. The van der Waals surface area contributed by atoms with Gasteiger partial charge in [-0.1, -0.05) is 73.1 Å². The van der Waals surface area contributed by atoms with Crippen LogP contribution in [-0.2, 0) is 28.9 Å². The Balaban J connectivity index is 1.52. The molecule has 1 atom stereocenters. The van der Waals surface area contributed by atoms with Crippen molar-refractivity contribution in [3.8, 4) is 16.8 Å². The van der Waals surface area contributed by atoms with E-state index in [1.54, 1.807) is 4.57 Å². The Morgan fingerprint density at radius 1 is 1.17 bits per heavy atom. The minimum absolute atomic E-state index is 0.0733. The van der Waals surface area contributed by atoms with Gasteiger partial charge in [0.25, 0.3) is 5.56 Å². The molecule has 3 aromatic carbocycles. The number of aryl methyl sites for hydroxylation is 3. The number of amides is 1. The van der Waals surface area contributed by atoms with E-state index in [4.69, 9.17) is 9.82 Å². The third kappa shape index (κ3) is 5.90. The first kappa shape index (κ1) is 29.0. The van der Waals surface area contributed by atoms with E-state index in [2.05, 4.69) is 17.4 Å². The number of nitrogens with zero attached hydrogens (tertiary/aromatic N) is 3. The zero-order chi connectivity index (χ0) is 29.6. The van der Waals surface area contributed by atoms with Gasteiger partial charge in [0.15, 0.2) is 5.84 Å². The van der Waals surface area contributed by atoms with Crippen LogP contribution in [0.5, 0.6) is 0 Å². The van der Waals surface area contributed by atoms with Crippen LogP contribution in [0.25, 0.3) is 16.8 Å². The van der Waals surface area contributed by atoms with Gasteiger partial charge in [0.1, 0.15) is 12.9 Å². The summed E-state index contributed by atoms with van der Waals surface area (Å²) in [6, 6.07) is 21.6. The normalized spacial score (nSPS) is 14.5. The summed E-state index contributed by atoms with van der Waals surface area (Å²) in [5.41, 5.74) is 7.76. The van der Waals surface area contributed by atoms with E-state index >= 15 is 0 Å². The summed E-state index contributed by atoms with van der Waals surface area (Å²) in [4.78, 5) is 35.1. The van der Waals surface area contributed by atoms with Crippen molar-refractivity contribution in [2.75, 3.05) is 7.11 Å². The molecule has 2 N–H and O–H groups in total. The van der Waals surface area contributed by atoms with Crippen LogP contribution in [0.1, 0.15) is 71.6 Å². The molecule has 5 rings (SSSR count). The summed E-state index contributed by atoms with van der Waals surface area (Å²) in [6.45, 7) is 4.00. The number of amidine groups is 1. The van der Waals surface area contributed by atoms with Crippen LogP contribution < -0.4 is 10.9 Å². The first-order valence-electron chi connectivity index (χ1n) is 14.4. The van der Waals surface area contributed by atoms with Crippen molar-refractivity contribution in [1.29, 1.82) is 0 Å². The lowest BCUT2D eigenvalue weighted by atomic mass is 9.96. The number of hydrogen-bond donors (Lipinski definition) is 2. The van der Waals surface area contributed by atoms with Crippen molar-refractivity contribution in [3.63, 3.8) is 0 Å². The first-order valence-corrected chi connectivity index (χ1v) is 14.4. The number of rotatable bonds is 10. The van der Waals surface area contributed by atoms with Crippen LogP contribution in [0.15, 0.2) is 76.7 Å². The predicted molar refractivity (Wildman–Crippen MR) is 164 cm³/mol. The van der Waals surface area contributed by atoms with E-state index in [9.17, 15) is 14.7 Å². The zero-order valence-corrected chi connectivity index (χ0v) is 24.3. The summed E-state index contributed by atoms with van der Waals surface area (Å²) < 4.78 is 1.68. The maximum Gasteiger partial charge on any atom is 0.261 e. The number of fused-ring (bicyclic) bond motifs is 1. The molecule has 8 heteroatoms. The highest BCUT2D eigenvalue weighted by molar-refractivity contribution is 6.08. The maximum absolute atomic E-state index is 14.1. The highest BCUT2D eigenvalue weighted by Crippen LogP contribution is 2.32. The third-order valence-corrected chi connectivity index (χ3v) is 7.84. The van der Waals surface area contributed by atoms with Gasteiger partial charge in [-0.2, -0.15) is 0 Å². The molecule has 4 aromatic rings. The number of aliphatic hydroxyl groups excluding tert-OH is 1. The molecule has 1 unspecified atom stereocenters. The predicted octanol–water partition coefficient (Wildman–Crippen LogP) is 5.17. The Bertz CT molecular complexity index is 1670. The molecule has 8 nitrogen and oxygen atoms in total. The fraction of sp³-hybridized carbons (Fsp3) is 0.294. The zero-order valence-electron chi connectivity index (χ0n) is 24.3. The van der Waals surface area contributed by atoms with Crippen LogP contribution >= 0.6 is 0 Å². The number of aromatic nitrogens is 2. The third-order valence-electron chi connectivity index (χ3n) is 7.84. The second kappa shape index (κ2) is 13.0. The summed E-state index contributed by atoms with van der Waals surface area (Å²) >= 11 is 0. The second-order valence-corrected chi connectivity index (χ2v) is 10.6. The molecule has 216 valence electrons. The van der Waals surface area contributed by atoms with Crippen molar-refractivity contribution in [2.45, 2.75) is 58.5 Å². The maximum atomic E-state index is 14.1. The van der Waals surface area contributed by atoms with Crippen molar-refractivity contribution in [3.05, 3.63) is 116 Å². The van der Waals surface area contributed by atoms with Crippen molar-refractivity contribution in [1.82, 2.24) is 14.9 Å². The molecule has 0 saturated carbocycles. The van der Waals surface area contributed by atoms with E-state index in [0.29, 0.717) is 36.5 Å². The minimum Gasteiger partial charge on any atom is -0.397 e. The van der Waals surface area contributed by atoms with E-state index < -0.39 is 6.10 Å². The molecule has 1 aromatic heterocycles. The Morgan fingerprint density at radius 3 is 2.69 bits per heavy atom. The van der Waals surface area contributed by atoms with Crippen LogP contribution in [-0.4, -0.2) is 34.0 Å². The molecule has 0 spiro atoms. The lowest BCUT2D eigenvalue weighted by Crippen LogP contribution is -2.28. The molecule has 0 bridgehead atoms. The van der Waals surface area contributed by atoms with Gasteiger partial charge in [0.05, 0.1) is 17.5 Å². The number of nitrogens with one attached hydrogen (secondary N) is 1. The van der Waals surface area contributed by atoms with Gasteiger partial charge in [0, 0.05) is 17.5 Å². The van der Waals surface area contributed by atoms with E-state index in [1.165, 1.54) is 7.11 Å². The lowest BCUT2D eigenvalue weighted by Gasteiger charge is -2.17. The van der Waals surface area contributed by atoms with Gasteiger partial charge in [-0.25, -0.2) is 4.98 Å². The van der Waals surface area contributed by atoms with Gasteiger partial charge >= 0.3 is 0 Å². The number of carbonyl (C=O) groups excluding carboxylic acids is 1. The van der Waals surface area contributed by atoms with Crippen molar-refractivity contribution in [2.24, 2.45) is 5.16 Å². The van der Waals surface area contributed by atoms with Gasteiger partial charge in [-0.3, -0.25) is 14.2 Å². The summed E-state index contributed by atoms with van der Waals surface area (Å²) in [5.74, 6) is 0.963. The van der Waals surface area contributed by atoms with E-state index in [1.807, 2.05) is 73.7 Å². The molecule has 1 heterocycles. The second-order valence-electron chi connectivity index (χ2n) is 10.6. The SMILES string of the molecule is CCCCc1nc(C)n(-c2ccc3c(c2)C(O)CC3)c(=O)c1Cc1ccc(-c2ccccc2/C(=N/OC)NC=O)cc1. The summed E-state index contributed by atoms with van der Waals surface area (Å²) in [7, 11) is 1.43. The average molecular weight is 565 g/mol.